The fraction of sp³-hybridized carbons (Fsp3) is 0.429. The van der Waals surface area contributed by atoms with E-state index < -0.39 is 0 Å². The van der Waals surface area contributed by atoms with E-state index in [0.29, 0.717) is 0 Å². The van der Waals surface area contributed by atoms with Crippen LogP contribution in [0.3, 0.4) is 0 Å². The molecule has 1 aromatic carbocycles. The van der Waals surface area contributed by atoms with Gasteiger partial charge in [0.25, 0.3) is 0 Å². The van der Waals surface area contributed by atoms with Crippen LogP contribution in [0.4, 0.5) is 0 Å². The largest absolute Gasteiger partial charge is 0.288 e. The molecule has 0 spiro atoms. The van der Waals surface area contributed by atoms with Gasteiger partial charge < -0.3 is 0 Å². The molecule has 3 saturated heterocycles. The summed E-state index contributed by atoms with van der Waals surface area (Å²) in [6.45, 7) is 11.8. The molecule has 2 heteroatoms. The molecule has 3 aliphatic heterocycles. The molecule has 0 unspecified atom stereocenters. The van der Waals surface area contributed by atoms with Crippen molar-refractivity contribution in [2.45, 2.75) is 0 Å². The van der Waals surface area contributed by atoms with Gasteiger partial charge in [-0.3, -0.25) is 9.38 Å². The van der Waals surface area contributed by atoms with Gasteiger partial charge in [0, 0.05) is 25.2 Å². The Balaban J connectivity index is 1.89. The number of benzene rings is 1. The highest BCUT2D eigenvalue weighted by Crippen LogP contribution is 2.31. The standard InChI is InChI=1S/C14H19N2/c1-13(14-5-3-2-4-6-14)16-10-7-15(8-11-16)9-12-16/h2-6H,1,7-12H2/q+1. The zero-order valence-corrected chi connectivity index (χ0v) is 9.73. The van der Waals surface area contributed by atoms with Gasteiger partial charge in [-0.15, -0.1) is 0 Å². The van der Waals surface area contributed by atoms with Crippen molar-refractivity contribution in [3.8, 4) is 0 Å². The first-order chi connectivity index (χ1) is 7.80. The Labute approximate surface area is 97.4 Å². The molecule has 0 radical (unpaired) electrons. The van der Waals surface area contributed by atoms with E-state index in [-0.39, 0.29) is 0 Å². The minimum absolute atomic E-state index is 1.13. The van der Waals surface area contributed by atoms with Crippen molar-refractivity contribution in [2.75, 3.05) is 39.3 Å². The van der Waals surface area contributed by atoms with Gasteiger partial charge in [-0.25, -0.2) is 0 Å². The first-order valence-electron chi connectivity index (χ1n) is 6.14. The van der Waals surface area contributed by atoms with Crippen LogP contribution in [-0.2, 0) is 0 Å². The van der Waals surface area contributed by atoms with E-state index in [0.717, 1.165) is 4.48 Å². The quantitative estimate of drug-likeness (QED) is 0.680. The zero-order chi connectivity index (χ0) is 11.0. The van der Waals surface area contributed by atoms with Crippen molar-refractivity contribution >= 4 is 5.70 Å². The van der Waals surface area contributed by atoms with Gasteiger partial charge >= 0.3 is 0 Å². The molecule has 3 aliphatic rings. The maximum atomic E-state index is 4.37. The zero-order valence-electron chi connectivity index (χ0n) is 9.73. The summed E-state index contributed by atoms with van der Waals surface area (Å²) < 4.78 is 1.13. The Hall–Kier alpha value is -1.12. The molecule has 0 aliphatic carbocycles. The summed E-state index contributed by atoms with van der Waals surface area (Å²) in [6.07, 6.45) is 0. The molecule has 0 atom stereocenters. The average molecular weight is 215 g/mol. The van der Waals surface area contributed by atoms with E-state index in [1.165, 1.54) is 50.5 Å². The van der Waals surface area contributed by atoms with Crippen LogP contribution < -0.4 is 0 Å². The van der Waals surface area contributed by atoms with Gasteiger partial charge in [0.05, 0.1) is 19.6 Å². The van der Waals surface area contributed by atoms with Gasteiger partial charge in [-0.1, -0.05) is 18.2 Å². The Morgan fingerprint density at radius 1 is 1.00 bits per heavy atom. The highest BCUT2D eigenvalue weighted by molar-refractivity contribution is 5.57. The van der Waals surface area contributed by atoms with Gasteiger partial charge in [-0.05, 0) is 18.7 Å². The Morgan fingerprint density at radius 3 is 2.12 bits per heavy atom. The van der Waals surface area contributed by atoms with Crippen LogP contribution in [-0.4, -0.2) is 48.7 Å². The minimum Gasteiger partial charge on any atom is -0.288 e. The molecule has 1 aromatic rings. The van der Waals surface area contributed by atoms with Crippen molar-refractivity contribution in [2.24, 2.45) is 0 Å². The van der Waals surface area contributed by atoms with Crippen molar-refractivity contribution in [3.05, 3.63) is 42.5 Å². The molecule has 3 heterocycles. The summed E-state index contributed by atoms with van der Waals surface area (Å²) in [5.74, 6) is 0. The predicted molar refractivity (Wildman–Crippen MR) is 66.8 cm³/mol. The molecule has 0 N–H and O–H groups in total. The number of piperazine rings is 3. The fourth-order valence-corrected chi connectivity index (χ4v) is 2.98. The molecule has 0 amide bonds. The van der Waals surface area contributed by atoms with Crippen LogP contribution >= 0.6 is 0 Å². The monoisotopic (exact) mass is 215 g/mol. The molecule has 2 nitrogen and oxygen atoms in total. The Bertz CT molecular complexity index is 375. The first-order valence-corrected chi connectivity index (χ1v) is 6.14. The van der Waals surface area contributed by atoms with Crippen LogP contribution in [0.25, 0.3) is 5.70 Å². The van der Waals surface area contributed by atoms with E-state index >= 15 is 0 Å². The lowest BCUT2D eigenvalue weighted by Gasteiger charge is -2.50. The smallest absolute Gasteiger partial charge is 0.133 e. The van der Waals surface area contributed by atoms with Gasteiger partial charge in [-0.2, -0.15) is 0 Å². The Morgan fingerprint density at radius 2 is 1.56 bits per heavy atom. The SMILES string of the molecule is C=C(c1ccccc1)[N+]12CCN(CC1)CC2. The third-order valence-corrected chi connectivity index (χ3v) is 4.21. The maximum absolute atomic E-state index is 4.37. The highest BCUT2D eigenvalue weighted by Gasteiger charge is 2.41. The second-order valence-electron chi connectivity index (χ2n) is 4.97. The molecule has 0 saturated carbocycles. The fourth-order valence-electron chi connectivity index (χ4n) is 2.98. The van der Waals surface area contributed by atoms with E-state index in [1.54, 1.807) is 0 Å². The number of fused-ring (bicyclic) bond motifs is 3. The minimum atomic E-state index is 1.13. The van der Waals surface area contributed by atoms with Crippen LogP contribution in [0.5, 0.6) is 0 Å². The van der Waals surface area contributed by atoms with E-state index in [4.69, 9.17) is 0 Å². The summed E-state index contributed by atoms with van der Waals surface area (Å²) >= 11 is 0. The van der Waals surface area contributed by atoms with E-state index in [1.807, 2.05) is 0 Å². The Kier molecular flexibility index (Phi) is 2.34. The summed E-state index contributed by atoms with van der Waals surface area (Å²) in [6, 6.07) is 10.7. The first kappa shape index (κ1) is 10.1. The van der Waals surface area contributed by atoms with Crippen LogP contribution in [0.2, 0.25) is 0 Å². The van der Waals surface area contributed by atoms with Gasteiger partial charge in [0.15, 0.2) is 0 Å². The van der Waals surface area contributed by atoms with Crippen molar-refractivity contribution in [3.63, 3.8) is 0 Å². The number of hydrogen-bond acceptors (Lipinski definition) is 1. The lowest BCUT2D eigenvalue weighted by molar-refractivity contribution is -0.874. The lowest BCUT2D eigenvalue weighted by atomic mass is 10.0. The summed E-state index contributed by atoms with van der Waals surface area (Å²) in [5, 5.41) is 0. The van der Waals surface area contributed by atoms with Crippen LogP contribution in [0.1, 0.15) is 5.56 Å². The summed E-state index contributed by atoms with van der Waals surface area (Å²) in [5.41, 5.74) is 2.64. The molecular formula is C14H19N2+. The summed E-state index contributed by atoms with van der Waals surface area (Å²) in [4.78, 5) is 2.57. The molecule has 2 bridgehead atoms. The third kappa shape index (κ3) is 1.49. The second-order valence-corrected chi connectivity index (χ2v) is 4.97. The number of nitrogens with zero attached hydrogens (tertiary/aromatic N) is 2. The molecule has 4 rings (SSSR count). The number of rotatable bonds is 2. The van der Waals surface area contributed by atoms with Gasteiger partial charge in [0.2, 0.25) is 0 Å². The number of hydrogen-bond donors (Lipinski definition) is 0. The molecule has 16 heavy (non-hydrogen) atoms. The maximum Gasteiger partial charge on any atom is 0.133 e. The summed E-state index contributed by atoms with van der Waals surface area (Å²) in [7, 11) is 0. The predicted octanol–water partition coefficient (Wildman–Crippen LogP) is 1.80. The molecule has 3 fully saturated rings. The molecule has 0 aromatic heterocycles. The van der Waals surface area contributed by atoms with Crippen molar-refractivity contribution in [1.29, 1.82) is 0 Å². The highest BCUT2D eigenvalue weighted by atomic mass is 15.5. The topological polar surface area (TPSA) is 3.24 Å². The number of quaternary nitrogens is 1. The van der Waals surface area contributed by atoms with Crippen molar-refractivity contribution in [1.82, 2.24) is 4.90 Å². The average Bonchev–Trinajstić information content (AvgIpc) is 2.41. The van der Waals surface area contributed by atoms with E-state index in [2.05, 4.69) is 41.8 Å². The van der Waals surface area contributed by atoms with Crippen molar-refractivity contribution < 1.29 is 4.48 Å². The van der Waals surface area contributed by atoms with Crippen LogP contribution in [0, 0.1) is 0 Å². The third-order valence-electron chi connectivity index (χ3n) is 4.21. The second kappa shape index (κ2) is 3.72. The van der Waals surface area contributed by atoms with E-state index in [9.17, 15) is 0 Å². The van der Waals surface area contributed by atoms with Crippen LogP contribution in [0.15, 0.2) is 36.9 Å². The van der Waals surface area contributed by atoms with Gasteiger partial charge in [0.1, 0.15) is 5.70 Å². The normalized spacial score (nSPS) is 32.6. The lowest BCUT2D eigenvalue weighted by Crippen LogP contribution is -2.65. The molecular weight excluding hydrogens is 196 g/mol. The molecule has 84 valence electrons.